The Kier molecular flexibility index (Phi) is 4.53. The number of aliphatic imine (C=N–C) groups is 1. The zero-order valence-corrected chi connectivity index (χ0v) is 11.2. The highest BCUT2D eigenvalue weighted by atomic mass is 32.2. The molecule has 2 rings (SSSR count). The second-order valence-electron chi connectivity index (χ2n) is 4.61. The molecular formula is C12H23N3S. The van der Waals surface area contributed by atoms with E-state index in [1.165, 1.54) is 36.7 Å². The standard InChI is InChI=1S/C12H23N3S/c1-3-10-9-16-12(14-10)13-7-8-15(4-2)11-5-6-11/h10-11H,3-9H2,1-2H3,(H,13,14). The van der Waals surface area contributed by atoms with E-state index in [-0.39, 0.29) is 0 Å². The van der Waals surface area contributed by atoms with Gasteiger partial charge in [0.2, 0.25) is 0 Å². The molecule has 2 fully saturated rings. The van der Waals surface area contributed by atoms with Crippen molar-refractivity contribution in [3.8, 4) is 0 Å². The highest BCUT2D eigenvalue weighted by Crippen LogP contribution is 2.26. The van der Waals surface area contributed by atoms with Gasteiger partial charge in [0.25, 0.3) is 0 Å². The SMILES string of the molecule is CCC1CSC(=NCCN(CC)C2CC2)N1. The fourth-order valence-electron chi connectivity index (χ4n) is 2.07. The minimum Gasteiger partial charge on any atom is -0.361 e. The summed E-state index contributed by atoms with van der Waals surface area (Å²) in [6.45, 7) is 7.74. The molecule has 0 radical (unpaired) electrons. The summed E-state index contributed by atoms with van der Waals surface area (Å²) >= 11 is 1.88. The number of rotatable bonds is 6. The summed E-state index contributed by atoms with van der Waals surface area (Å²) in [7, 11) is 0. The molecule has 1 saturated carbocycles. The van der Waals surface area contributed by atoms with E-state index in [0.29, 0.717) is 6.04 Å². The van der Waals surface area contributed by atoms with Crippen molar-refractivity contribution in [2.24, 2.45) is 4.99 Å². The van der Waals surface area contributed by atoms with E-state index in [1.807, 2.05) is 11.8 Å². The minimum atomic E-state index is 0.648. The molecule has 1 atom stereocenters. The third kappa shape index (κ3) is 3.39. The zero-order valence-electron chi connectivity index (χ0n) is 10.4. The van der Waals surface area contributed by atoms with Crippen LogP contribution in [0.25, 0.3) is 0 Å². The van der Waals surface area contributed by atoms with Crippen molar-refractivity contribution in [2.45, 2.75) is 45.2 Å². The van der Waals surface area contributed by atoms with E-state index in [0.717, 1.165) is 19.1 Å². The number of hydrogen-bond donors (Lipinski definition) is 1. The minimum absolute atomic E-state index is 0.648. The van der Waals surface area contributed by atoms with Crippen LogP contribution in [-0.4, -0.2) is 47.5 Å². The lowest BCUT2D eigenvalue weighted by atomic mass is 10.3. The van der Waals surface area contributed by atoms with Crippen LogP contribution < -0.4 is 5.32 Å². The fourth-order valence-corrected chi connectivity index (χ4v) is 3.18. The first-order valence-electron chi connectivity index (χ1n) is 6.51. The van der Waals surface area contributed by atoms with Crippen molar-refractivity contribution in [1.82, 2.24) is 10.2 Å². The third-order valence-corrected chi connectivity index (χ3v) is 4.44. The molecule has 1 heterocycles. The lowest BCUT2D eigenvalue weighted by Gasteiger charge is -2.18. The summed E-state index contributed by atoms with van der Waals surface area (Å²) in [5, 5.41) is 4.64. The first kappa shape index (κ1) is 12.2. The van der Waals surface area contributed by atoms with Gasteiger partial charge in [-0.15, -0.1) is 0 Å². The van der Waals surface area contributed by atoms with Crippen LogP contribution in [0.3, 0.4) is 0 Å². The van der Waals surface area contributed by atoms with Gasteiger partial charge in [0, 0.05) is 24.4 Å². The van der Waals surface area contributed by atoms with Gasteiger partial charge >= 0.3 is 0 Å². The number of thioether (sulfide) groups is 1. The van der Waals surface area contributed by atoms with Crippen molar-refractivity contribution < 1.29 is 0 Å². The molecule has 3 nitrogen and oxygen atoms in total. The van der Waals surface area contributed by atoms with Crippen molar-refractivity contribution in [2.75, 3.05) is 25.4 Å². The van der Waals surface area contributed by atoms with Gasteiger partial charge in [0.1, 0.15) is 0 Å². The molecule has 1 N–H and O–H groups in total. The van der Waals surface area contributed by atoms with Crippen LogP contribution in [0.15, 0.2) is 4.99 Å². The largest absolute Gasteiger partial charge is 0.361 e. The molecule has 0 spiro atoms. The second-order valence-corrected chi connectivity index (χ2v) is 5.62. The van der Waals surface area contributed by atoms with E-state index in [9.17, 15) is 0 Å². The number of nitrogens with one attached hydrogen (secondary N) is 1. The Morgan fingerprint density at radius 3 is 2.81 bits per heavy atom. The topological polar surface area (TPSA) is 27.6 Å². The van der Waals surface area contributed by atoms with Gasteiger partial charge in [-0.05, 0) is 25.8 Å². The molecule has 0 aromatic rings. The maximum atomic E-state index is 4.65. The average molecular weight is 241 g/mol. The van der Waals surface area contributed by atoms with Crippen LogP contribution in [0.1, 0.15) is 33.1 Å². The third-order valence-electron chi connectivity index (χ3n) is 3.35. The van der Waals surface area contributed by atoms with Crippen LogP contribution >= 0.6 is 11.8 Å². The molecule has 0 aromatic carbocycles. The van der Waals surface area contributed by atoms with Crippen LogP contribution in [0, 0.1) is 0 Å². The molecule has 2 aliphatic rings. The van der Waals surface area contributed by atoms with Crippen molar-refractivity contribution in [3.63, 3.8) is 0 Å². The van der Waals surface area contributed by atoms with Gasteiger partial charge in [0.15, 0.2) is 5.17 Å². The molecule has 1 unspecified atom stereocenters. The molecule has 1 aliphatic heterocycles. The van der Waals surface area contributed by atoms with E-state index in [2.05, 4.69) is 29.1 Å². The number of nitrogens with zero attached hydrogens (tertiary/aromatic N) is 2. The van der Waals surface area contributed by atoms with Crippen LogP contribution in [0.2, 0.25) is 0 Å². The first-order chi connectivity index (χ1) is 7.83. The predicted octanol–water partition coefficient (Wildman–Crippen LogP) is 1.94. The van der Waals surface area contributed by atoms with Gasteiger partial charge < -0.3 is 5.32 Å². The van der Waals surface area contributed by atoms with E-state index >= 15 is 0 Å². The molecule has 0 aromatic heterocycles. The number of hydrogen-bond acceptors (Lipinski definition) is 3. The quantitative estimate of drug-likeness (QED) is 0.770. The van der Waals surface area contributed by atoms with Crippen LogP contribution in [-0.2, 0) is 0 Å². The smallest absolute Gasteiger partial charge is 0.156 e. The van der Waals surface area contributed by atoms with Crippen LogP contribution in [0.5, 0.6) is 0 Å². The van der Waals surface area contributed by atoms with Crippen molar-refractivity contribution in [3.05, 3.63) is 0 Å². The van der Waals surface area contributed by atoms with Gasteiger partial charge in [-0.1, -0.05) is 25.6 Å². The normalized spacial score (nSPS) is 27.7. The molecule has 4 heteroatoms. The zero-order chi connectivity index (χ0) is 11.4. The molecule has 92 valence electrons. The maximum Gasteiger partial charge on any atom is 0.156 e. The summed E-state index contributed by atoms with van der Waals surface area (Å²) in [4.78, 5) is 7.20. The lowest BCUT2D eigenvalue weighted by molar-refractivity contribution is 0.286. The molecule has 1 saturated heterocycles. The van der Waals surface area contributed by atoms with E-state index < -0.39 is 0 Å². The average Bonchev–Trinajstić information content (AvgIpc) is 3.04. The fraction of sp³-hybridized carbons (Fsp3) is 0.917. The van der Waals surface area contributed by atoms with Crippen LogP contribution in [0.4, 0.5) is 0 Å². The van der Waals surface area contributed by atoms with Gasteiger partial charge in [-0.2, -0.15) is 0 Å². The van der Waals surface area contributed by atoms with Gasteiger partial charge in [-0.3, -0.25) is 9.89 Å². The predicted molar refractivity (Wildman–Crippen MR) is 72.2 cm³/mol. The van der Waals surface area contributed by atoms with Crippen molar-refractivity contribution in [1.29, 1.82) is 0 Å². The summed E-state index contributed by atoms with van der Waals surface area (Å²) in [5.41, 5.74) is 0. The Morgan fingerprint density at radius 1 is 1.44 bits per heavy atom. The molecule has 0 bridgehead atoms. The summed E-state index contributed by atoms with van der Waals surface area (Å²) in [6, 6.07) is 1.52. The lowest BCUT2D eigenvalue weighted by Crippen LogP contribution is -2.29. The Morgan fingerprint density at radius 2 is 2.25 bits per heavy atom. The summed E-state index contributed by atoms with van der Waals surface area (Å²) in [6.07, 6.45) is 4.00. The Labute approximate surface area is 103 Å². The maximum absolute atomic E-state index is 4.65. The second kappa shape index (κ2) is 5.92. The molecule has 0 amide bonds. The first-order valence-corrected chi connectivity index (χ1v) is 7.49. The summed E-state index contributed by atoms with van der Waals surface area (Å²) < 4.78 is 0. The Bertz CT molecular complexity index is 251. The van der Waals surface area contributed by atoms with Gasteiger partial charge in [0.05, 0.1) is 6.54 Å². The highest BCUT2D eigenvalue weighted by Gasteiger charge is 2.27. The Hall–Kier alpha value is -0.220. The van der Waals surface area contributed by atoms with E-state index in [1.54, 1.807) is 0 Å². The number of likely N-dealkylation sites (N-methyl/N-ethyl adjacent to an activating group) is 1. The molecule has 16 heavy (non-hydrogen) atoms. The summed E-state index contributed by atoms with van der Waals surface area (Å²) in [5.74, 6) is 1.19. The monoisotopic (exact) mass is 241 g/mol. The number of amidine groups is 1. The van der Waals surface area contributed by atoms with Gasteiger partial charge in [-0.25, -0.2) is 0 Å². The van der Waals surface area contributed by atoms with E-state index in [4.69, 9.17) is 0 Å². The highest BCUT2D eigenvalue weighted by molar-refractivity contribution is 8.14. The molecule has 1 aliphatic carbocycles. The Balaban J connectivity index is 1.68. The van der Waals surface area contributed by atoms with Crippen molar-refractivity contribution >= 4 is 16.9 Å². The molecular weight excluding hydrogens is 218 g/mol.